The number of para-hydroxylation sites is 1. The number of thiophene rings is 1. The fourth-order valence-electron chi connectivity index (χ4n) is 4.54. The molecule has 194 valence electrons. The molecule has 5 aromatic rings. The van der Waals surface area contributed by atoms with Gasteiger partial charge in [0.2, 0.25) is 0 Å². The smallest absolute Gasteiger partial charge is 0.265 e. The molecule has 3 heterocycles. The van der Waals surface area contributed by atoms with E-state index in [-0.39, 0.29) is 11.5 Å². The maximum atomic E-state index is 13.8. The largest absolute Gasteiger partial charge is 0.494 e. The Bertz CT molecular complexity index is 1680. The highest BCUT2D eigenvalue weighted by Crippen LogP contribution is 2.39. The number of carbonyl (C=O) groups is 1. The first-order valence-corrected chi connectivity index (χ1v) is 12.9. The van der Waals surface area contributed by atoms with Crippen molar-refractivity contribution in [2.45, 2.75) is 13.0 Å². The lowest BCUT2D eigenvalue weighted by Crippen LogP contribution is -2.25. The summed E-state index contributed by atoms with van der Waals surface area (Å²) < 4.78 is 18.7. The van der Waals surface area contributed by atoms with Crippen LogP contribution in [0, 0.1) is 0 Å². The SMILES string of the molecule is COc1ccc(CCNC(=O)c2sc3c(c2OC)c(=O)n(Cc2ccccn2)c2ccccc32)cc1OC. The topological polar surface area (TPSA) is 91.7 Å². The Morgan fingerprint density at radius 1 is 0.974 bits per heavy atom. The number of hydrogen-bond acceptors (Lipinski definition) is 7. The van der Waals surface area contributed by atoms with E-state index in [1.165, 1.54) is 18.4 Å². The first kappa shape index (κ1) is 25.3. The number of aromatic nitrogens is 2. The molecule has 0 saturated carbocycles. The molecule has 1 N–H and O–H groups in total. The molecule has 0 atom stereocenters. The highest BCUT2D eigenvalue weighted by atomic mass is 32.1. The number of methoxy groups -OCH3 is 3. The quantitative estimate of drug-likeness (QED) is 0.299. The van der Waals surface area contributed by atoms with Gasteiger partial charge >= 0.3 is 0 Å². The second-order valence-electron chi connectivity index (χ2n) is 8.59. The van der Waals surface area contributed by atoms with Gasteiger partial charge in [-0.25, -0.2) is 0 Å². The summed E-state index contributed by atoms with van der Waals surface area (Å²) in [6.07, 6.45) is 2.30. The van der Waals surface area contributed by atoms with Crippen LogP contribution in [0.5, 0.6) is 17.2 Å². The number of ether oxygens (including phenoxy) is 3. The molecule has 0 saturated heterocycles. The molecule has 1 amide bonds. The third-order valence-electron chi connectivity index (χ3n) is 6.37. The maximum absolute atomic E-state index is 13.8. The van der Waals surface area contributed by atoms with Gasteiger partial charge in [-0.3, -0.25) is 14.6 Å². The van der Waals surface area contributed by atoms with E-state index in [2.05, 4.69) is 10.3 Å². The average molecular weight is 530 g/mol. The minimum Gasteiger partial charge on any atom is -0.494 e. The Morgan fingerprint density at radius 2 is 1.76 bits per heavy atom. The molecule has 8 nitrogen and oxygen atoms in total. The lowest BCUT2D eigenvalue weighted by molar-refractivity contribution is 0.0955. The Morgan fingerprint density at radius 3 is 2.50 bits per heavy atom. The highest BCUT2D eigenvalue weighted by molar-refractivity contribution is 7.22. The first-order chi connectivity index (χ1) is 18.5. The third-order valence-corrected chi connectivity index (χ3v) is 7.57. The van der Waals surface area contributed by atoms with Crippen molar-refractivity contribution in [3.8, 4) is 17.2 Å². The minimum absolute atomic E-state index is 0.221. The number of pyridine rings is 2. The molecule has 5 rings (SSSR count). The summed E-state index contributed by atoms with van der Waals surface area (Å²) in [7, 11) is 4.66. The Labute approximate surface area is 223 Å². The fraction of sp³-hybridized carbons (Fsp3) is 0.207. The molecule has 0 unspecified atom stereocenters. The molecule has 0 radical (unpaired) electrons. The summed E-state index contributed by atoms with van der Waals surface area (Å²) in [6, 6.07) is 19.0. The van der Waals surface area contributed by atoms with Crippen LogP contribution >= 0.6 is 11.3 Å². The molecule has 2 aromatic carbocycles. The summed E-state index contributed by atoms with van der Waals surface area (Å²) in [5.74, 6) is 1.29. The van der Waals surface area contributed by atoms with E-state index >= 15 is 0 Å². The van der Waals surface area contributed by atoms with Crippen LogP contribution in [0.4, 0.5) is 0 Å². The lowest BCUT2D eigenvalue weighted by atomic mass is 10.1. The zero-order valence-corrected chi connectivity index (χ0v) is 22.1. The lowest BCUT2D eigenvalue weighted by Gasteiger charge is -2.11. The summed E-state index contributed by atoms with van der Waals surface area (Å²) >= 11 is 1.27. The molecule has 38 heavy (non-hydrogen) atoms. The van der Waals surface area contributed by atoms with Crippen molar-refractivity contribution in [3.63, 3.8) is 0 Å². The second kappa shape index (κ2) is 10.9. The molecule has 0 aliphatic carbocycles. The van der Waals surface area contributed by atoms with E-state index in [1.54, 1.807) is 25.0 Å². The van der Waals surface area contributed by atoms with Crippen LogP contribution < -0.4 is 25.1 Å². The van der Waals surface area contributed by atoms with Crippen molar-refractivity contribution >= 4 is 38.2 Å². The third kappa shape index (κ3) is 4.68. The van der Waals surface area contributed by atoms with Crippen LogP contribution in [0.1, 0.15) is 20.9 Å². The average Bonchev–Trinajstić information content (AvgIpc) is 3.36. The summed E-state index contributed by atoms with van der Waals surface area (Å²) in [5, 5.41) is 4.25. The number of amides is 1. The molecule has 0 aliphatic heterocycles. The fourth-order valence-corrected chi connectivity index (χ4v) is 5.75. The predicted octanol–water partition coefficient (Wildman–Crippen LogP) is 4.66. The van der Waals surface area contributed by atoms with Gasteiger partial charge in [0.1, 0.15) is 10.3 Å². The number of fused-ring (bicyclic) bond motifs is 3. The van der Waals surface area contributed by atoms with Crippen molar-refractivity contribution in [2.75, 3.05) is 27.9 Å². The van der Waals surface area contributed by atoms with Crippen LogP contribution in [0.15, 0.2) is 71.7 Å². The van der Waals surface area contributed by atoms with Crippen LogP contribution in [0.25, 0.3) is 21.0 Å². The van der Waals surface area contributed by atoms with Crippen LogP contribution in [-0.2, 0) is 13.0 Å². The molecule has 0 spiro atoms. The van der Waals surface area contributed by atoms with Gasteiger partial charge in [0.15, 0.2) is 17.2 Å². The van der Waals surface area contributed by atoms with Gasteiger partial charge in [0, 0.05) is 18.1 Å². The van der Waals surface area contributed by atoms with E-state index < -0.39 is 0 Å². The molecule has 0 aliphatic rings. The van der Waals surface area contributed by atoms with Crippen molar-refractivity contribution < 1.29 is 19.0 Å². The molecule has 9 heteroatoms. The number of nitrogens with zero attached hydrogens (tertiary/aromatic N) is 2. The molecular formula is C29H27N3O5S. The van der Waals surface area contributed by atoms with Gasteiger partial charge in [0.05, 0.1) is 43.8 Å². The van der Waals surface area contributed by atoms with Gasteiger partial charge in [-0.1, -0.05) is 30.3 Å². The van der Waals surface area contributed by atoms with Gasteiger partial charge in [-0.15, -0.1) is 11.3 Å². The molecule has 0 bridgehead atoms. The Hall–Kier alpha value is -4.37. The standard InChI is InChI=1S/C29H27N3O5S/c1-35-22-12-11-18(16-23(22)36-2)13-15-31-28(33)27-25(37-3)24-26(38-27)20-9-4-5-10-21(20)32(29(24)34)17-19-8-6-7-14-30-19/h4-12,14,16H,13,15,17H2,1-3H3,(H,31,33). The van der Waals surface area contributed by atoms with Gasteiger partial charge < -0.3 is 24.1 Å². The molecular weight excluding hydrogens is 502 g/mol. The summed E-state index contributed by atoms with van der Waals surface area (Å²) in [6.45, 7) is 0.707. The number of benzene rings is 2. The Balaban J connectivity index is 1.48. The number of hydrogen-bond donors (Lipinski definition) is 1. The van der Waals surface area contributed by atoms with E-state index in [4.69, 9.17) is 14.2 Å². The highest BCUT2D eigenvalue weighted by Gasteiger charge is 2.25. The van der Waals surface area contributed by atoms with E-state index in [0.29, 0.717) is 47.0 Å². The van der Waals surface area contributed by atoms with Crippen molar-refractivity contribution in [2.24, 2.45) is 0 Å². The van der Waals surface area contributed by atoms with Crippen LogP contribution in [0.3, 0.4) is 0 Å². The zero-order chi connectivity index (χ0) is 26.6. The predicted molar refractivity (Wildman–Crippen MR) is 149 cm³/mol. The Kier molecular flexibility index (Phi) is 7.28. The van der Waals surface area contributed by atoms with Gasteiger partial charge in [-0.05, 0) is 42.3 Å². The second-order valence-corrected chi connectivity index (χ2v) is 9.61. The van der Waals surface area contributed by atoms with Crippen molar-refractivity contribution in [1.82, 2.24) is 14.9 Å². The van der Waals surface area contributed by atoms with Crippen molar-refractivity contribution in [3.05, 3.63) is 93.3 Å². The number of rotatable bonds is 9. The van der Waals surface area contributed by atoms with Gasteiger partial charge in [0.25, 0.3) is 11.5 Å². The number of carbonyl (C=O) groups excluding carboxylic acids is 1. The summed E-state index contributed by atoms with van der Waals surface area (Å²) in [5.41, 5.74) is 2.32. The van der Waals surface area contributed by atoms with E-state index in [1.807, 2.05) is 60.7 Å². The first-order valence-electron chi connectivity index (χ1n) is 12.1. The zero-order valence-electron chi connectivity index (χ0n) is 21.3. The maximum Gasteiger partial charge on any atom is 0.265 e. The van der Waals surface area contributed by atoms with Crippen LogP contribution in [0.2, 0.25) is 0 Å². The van der Waals surface area contributed by atoms with Crippen molar-refractivity contribution in [1.29, 1.82) is 0 Å². The monoisotopic (exact) mass is 529 g/mol. The normalized spacial score (nSPS) is 11.0. The molecule has 3 aromatic heterocycles. The van der Waals surface area contributed by atoms with Crippen LogP contribution in [-0.4, -0.2) is 43.3 Å². The van der Waals surface area contributed by atoms with E-state index in [0.717, 1.165) is 26.9 Å². The minimum atomic E-state index is -0.289. The van der Waals surface area contributed by atoms with E-state index in [9.17, 15) is 9.59 Å². The molecule has 0 fully saturated rings. The summed E-state index contributed by atoms with van der Waals surface area (Å²) in [4.78, 5) is 31.8. The van der Waals surface area contributed by atoms with Gasteiger partial charge in [-0.2, -0.15) is 0 Å². The number of nitrogens with one attached hydrogen (secondary N) is 1.